The van der Waals surface area contributed by atoms with Crippen LogP contribution in [-0.4, -0.2) is 25.2 Å². The van der Waals surface area contributed by atoms with E-state index in [-0.39, 0.29) is 23.5 Å². The molecule has 1 atom stereocenters. The molecular weight excluding hydrogens is 364 g/mol. The van der Waals surface area contributed by atoms with Gasteiger partial charge in [-0.05, 0) is 61.1 Å². The molecule has 1 heterocycles. The van der Waals surface area contributed by atoms with Crippen LogP contribution in [0.4, 0.5) is 4.79 Å². The summed E-state index contributed by atoms with van der Waals surface area (Å²) in [6.45, 7) is 0. The number of methoxy groups -OCH3 is 1. The Hall–Kier alpha value is -1.88. The van der Waals surface area contributed by atoms with Crippen molar-refractivity contribution in [2.24, 2.45) is 11.3 Å². The van der Waals surface area contributed by atoms with E-state index in [0.29, 0.717) is 0 Å². The molecule has 2 spiro atoms. The second kappa shape index (κ2) is 7.12. The number of hydrogen-bond acceptors (Lipinski definition) is 3. The first-order valence-electron chi connectivity index (χ1n) is 11.3. The van der Waals surface area contributed by atoms with E-state index in [1.54, 1.807) is 7.11 Å². The first-order chi connectivity index (χ1) is 14.1. The van der Waals surface area contributed by atoms with E-state index >= 15 is 0 Å². The van der Waals surface area contributed by atoms with Crippen molar-refractivity contribution in [3.8, 4) is 0 Å². The van der Waals surface area contributed by atoms with Gasteiger partial charge in [0.15, 0.2) is 5.54 Å². The van der Waals surface area contributed by atoms with Crippen LogP contribution in [0.15, 0.2) is 18.2 Å². The molecule has 5 nitrogen and oxygen atoms in total. The van der Waals surface area contributed by atoms with E-state index in [1.807, 2.05) is 0 Å². The molecule has 2 saturated carbocycles. The molecule has 1 aliphatic heterocycles. The fourth-order valence-electron chi connectivity index (χ4n) is 6.71. The Morgan fingerprint density at radius 1 is 1.07 bits per heavy atom. The summed E-state index contributed by atoms with van der Waals surface area (Å²) in [5.41, 5.74) is 2.42. The molecule has 2 N–H and O–H groups in total. The van der Waals surface area contributed by atoms with Gasteiger partial charge in [-0.2, -0.15) is 0 Å². The van der Waals surface area contributed by atoms with Crippen LogP contribution in [0.3, 0.4) is 0 Å². The third kappa shape index (κ3) is 2.92. The molecule has 3 fully saturated rings. The average molecular weight is 397 g/mol. The first-order valence-corrected chi connectivity index (χ1v) is 11.3. The number of hydrogen-bond donors (Lipinski definition) is 2. The van der Waals surface area contributed by atoms with Crippen molar-refractivity contribution in [3.05, 3.63) is 34.9 Å². The summed E-state index contributed by atoms with van der Waals surface area (Å²) in [5, 5.41) is 5.69. The smallest absolute Gasteiger partial charge is 0.322 e. The monoisotopic (exact) mass is 396 g/mol. The van der Waals surface area contributed by atoms with Crippen LogP contribution < -0.4 is 10.6 Å². The van der Waals surface area contributed by atoms with Crippen molar-refractivity contribution in [2.45, 2.75) is 82.3 Å². The molecule has 4 aliphatic rings. The van der Waals surface area contributed by atoms with Gasteiger partial charge in [-0.3, -0.25) is 10.1 Å². The highest BCUT2D eigenvalue weighted by Gasteiger charge is 2.66. The molecule has 5 rings (SSSR count). The zero-order valence-corrected chi connectivity index (χ0v) is 17.4. The van der Waals surface area contributed by atoms with E-state index < -0.39 is 5.54 Å². The standard InChI is InChI=1S/C24H32N2O3/c1-29-19-9-11-23(12-10-19)15-18-8-7-17(13-16-5-3-2-4-6-16)14-20(18)24(23)21(27)25-22(28)26-24/h7-8,14,16,19H,2-6,9-13,15H2,1H3,(H2,25,26,27,28)/t19-,23-,24?. The minimum Gasteiger partial charge on any atom is -0.381 e. The van der Waals surface area contributed by atoms with Crippen molar-refractivity contribution < 1.29 is 14.3 Å². The SMILES string of the molecule is CO[C@H]1CC[C@]2(CC1)Cc1ccc(CC3CCCCC3)cc1C21NC(=O)NC1=O. The van der Waals surface area contributed by atoms with Crippen molar-refractivity contribution >= 4 is 11.9 Å². The van der Waals surface area contributed by atoms with Crippen LogP contribution >= 0.6 is 0 Å². The van der Waals surface area contributed by atoms with Crippen LogP contribution in [0.2, 0.25) is 0 Å². The van der Waals surface area contributed by atoms with Gasteiger partial charge < -0.3 is 10.1 Å². The lowest BCUT2D eigenvalue weighted by Crippen LogP contribution is -2.56. The first kappa shape index (κ1) is 19.1. The van der Waals surface area contributed by atoms with Gasteiger partial charge in [0.05, 0.1) is 6.10 Å². The van der Waals surface area contributed by atoms with Crippen LogP contribution in [0.1, 0.15) is 74.5 Å². The summed E-state index contributed by atoms with van der Waals surface area (Å²) in [4.78, 5) is 25.6. The second-order valence-electron chi connectivity index (χ2n) is 9.75. The Kier molecular flexibility index (Phi) is 4.69. The number of rotatable bonds is 3. The summed E-state index contributed by atoms with van der Waals surface area (Å²) in [7, 11) is 1.77. The summed E-state index contributed by atoms with van der Waals surface area (Å²) in [6.07, 6.45) is 12.5. The third-order valence-electron chi connectivity index (χ3n) is 8.24. The van der Waals surface area contributed by atoms with Crippen LogP contribution in [-0.2, 0) is 27.9 Å². The normalized spacial score (nSPS) is 34.4. The highest BCUT2D eigenvalue weighted by Crippen LogP contribution is 2.59. The Morgan fingerprint density at radius 2 is 1.83 bits per heavy atom. The number of ether oxygens (including phenoxy) is 1. The Morgan fingerprint density at radius 3 is 2.48 bits per heavy atom. The van der Waals surface area contributed by atoms with Gasteiger partial charge in [-0.15, -0.1) is 0 Å². The van der Waals surface area contributed by atoms with E-state index in [9.17, 15) is 9.59 Å². The second-order valence-corrected chi connectivity index (χ2v) is 9.75. The quantitative estimate of drug-likeness (QED) is 0.760. The number of imide groups is 1. The van der Waals surface area contributed by atoms with Gasteiger partial charge in [0.2, 0.25) is 0 Å². The topological polar surface area (TPSA) is 67.4 Å². The average Bonchev–Trinajstić information content (AvgIpc) is 3.18. The maximum atomic E-state index is 13.3. The molecule has 29 heavy (non-hydrogen) atoms. The van der Waals surface area contributed by atoms with Gasteiger partial charge in [-0.25, -0.2) is 4.79 Å². The molecule has 0 radical (unpaired) electrons. The Bertz CT molecular complexity index is 821. The molecule has 5 heteroatoms. The number of urea groups is 1. The van der Waals surface area contributed by atoms with E-state index in [1.165, 1.54) is 43.2 Å². The molecule has 1 unspecified atom stereocenters. The lowest BCUT2D eigenvalue weighted by molar-refractivity contribution is -0.131. The fourth-order valence-corrected chi connectivity index (χ4v) is 6.71. The largest absolute Gasteiger partial charge is 0.381 e. The number of amides is 3. The molecule has 1 aromatic carbocycles. The van der Waals surface area contributed by atoms with Gasteiger partial charge in [-0.1, -0.05) is 50.3 Å². The van der Waals surface area contributed by atoms with Gasteiger partial charge >= 0.3 is 6.03 Å². The number of carbonyl (C=O) groups excluding carboxylic acids is 2. The molecule has 1 aromatic rings. The van der Waals surface area contributed by atoms with Crippen molar-refractivity contribution in [1.82, 2.24) is 10.6 Å². The zero-order valence-electron chi connectivity index (χ0n) is 17.4. The Balaban J connectivity index is 1.51. The lowest BCUT2D eigenvalue weighted by atomic mass is 9.61. The summed E-state index contributed by atoms with van der Waals surface area (Å²) >= 11 is 0. The minimum absolute atomic E-state index is 0.160. The molecule has 0 bridgehead atoms. The third-order valence-corrected chi connectivity index (χ3v) is 8.24. The number of carbonyl (C=O) groups is 2. The van der Waals surface area contributed by atoms with Crippen molar-refractivity contribution in [3.63, 3.8) is 0 Å². The van der Waals surface area contributed by atoms with Gasteiger partial charge in [0.25, 0.3) is 5.91 Å². The van der Waals surface area contributed by atoms with E-state index in [2.05, 4.69) is 28.8 Å². The minimum atomic E-state index is -0.916. The Labute approximate surface area is 173 Å². The predicted octanol–water partition coefficient (Wildman–Crippen LogP) is 3.98. The van der Waals surface area contributed by atoms with E-state index in [0.717, 1.165) is 50.0 Å². The van der Waals surface area contributed by atoms with Crippen LogP contribution in [0, 0.1) is 11.3 Å². The maximum Gasteiger partial charge on any atom is 0.322 e. The van der Waals surface area contributed by atoms with Crippen LogP contribution in [0.5, 0.6) is 0 Å². The predicted molar refractivity (Wildman–Crippen MR) is 110 cm³/mol. The summed E-state index contributed by atoms with van der Waals surface area (Å²) < 4.78 is 5.59. The molecule has 3 aliphatic carbocycles. The highest BCUT2D eigenvalue weighted by molar-refractivity contribution is 6.08. The molecule has 1 saturated heterocycles. The van der Waals surface area contributed by atoms with Crippen LogP contribution in [0.25, 0.3) is 0 Å². The van der Waals surface area contributed by atoms with E-state index in [4.69, 9.17) is 4.74 Å². The summed E-state index contributed by atoms with van der Waals surface area (Å²) in [5.74, 6) is 0.587. The van der Waals surface area contributed by atoms with Crippen molar-refractivity contribution in [2.75, 3.05) is 7.11 Å². The summed E-state index contributed by atoms with van der Waals surface area (Å²) in [6, 6.07) is 6.38. The molecule has 3 amide bonds. The number of benzene rings is 1. The maximum absolute atomic E-state index is 13.3. The molecular formula is C24H32N2O3. The number of nitrogens with one attached hydrogen (secondary N) is 2. The molecule has 0 aromatic heterocycles. The van der Waals surface area contributed by atoms with Gasteiger partial charge in [0, 0.05) is 12.5 Å². The molecule has 156 valence electrons. The highest BCUT2D eigenvalue weighted by atomic mass is 16.5. The van der Waals surface area contributed by atoms with Crippen molar-refractivity contribution in [1.29, 1.82) is 0 Å². The lowest BCUT2D eigenvalue weighted by Gasteiger charge is -2.46. The fraction of sp³-hybridized carbons (Fsp3) is 0.667. The number of fused-ring (bicyclic) bond motifs is 3. The van der Waals surface area contributed by atoms with Gasteiger partial charge in [0.1, 0.15) is 0 Å². The zero-order chi connectivity index (χ0) is 20.1.